The van der Waals surface area contributed by atoms with Gasteiger partial charge in [0.05, 0.1) is 11.1 Å². The maximum Gasteiger partial charge on any atom is 0.162 e. The molecule has 2 aromatic rings. The maximum absolute atomic E-state index is 7.19. The van der Waals surface area contributed by atoms with Crippen molar-refractivity contribution in [3.63, 3.8) is 0 Å². The van der Waals surface area contributed by atoms with Gasteiger partial charge >= 0.3 is 0 Å². The van der Waals surface area contributed by atoms with E-state index in [-0.39, 0.29) is 5.84 Å². The minimum atomic E-state index is 0.0373. The second kappa shape index (κ2) is 3.02. The quantitative estimate of drug-likeness (QED) is 0.562. The molecule has 0 saturated carbocycles. The molecule has 0 aliphatic carbocycles. The van der Waals surface area contributed by atoms with Crippen molar-refractivity contribution in [2.45, 2.75) is 0 Å². The van der Waals surface area contributed by atoms with Crippen LogP contribution in [0.5, 0.6) is 0 Å². The van der Waals surface area contributed by atoms with Crippen molar-refractivity contribution in [2.24, 2.45) is 5.73 Å². The third kappa shape index (κ3) is 1.46. The molecule has 0 aromatic carbocycles. The number of rotatable bonds is 2. The highest BCUT2D eigenvalue weighted by Crippen LogP contribution is 2.24. The number of nitrogens with two attached hydrogens (primary N) is 1. The zero-order chi connectivity index (χ0) is 9.26. The van der Waals surface area contributed by atoms with E-state index in [2.05, 4.69) is 4.98 Å². The predicted molar refractivity (Wildman–Crippen MR) is 50.8 cm³/mol. The van der Waals surface area contributed by atoms with E-state index in [1.54, 1.807) is 18.5 Å². The molecule has 2 heterocycles. The maximum atomic E-state index is 7.19. The van der Waals surface area contributed by atoms with Gasteiger partial charge in [-0.05, 0) is 12.1 Å². The lowest BCUT2D eigenvalue weighted by Crippen LogP contribution is -2.08. The van der Waals surface area contributed by atoms with Gasteiger partial charge in [0.15, 0.2) is 10.8 Å². The Morgan fingerprint density at radius 1 is 1.62 bits per heavy atom. The summed E-state index contributed by atoms with van der Waals surface area (Å²) in [6, 6.07) is 3.62. The monoisotopic (exact) mass is 193 g/mol. The molecule has 2 aromatic heterocycles. The number of thiazole rings is 1. The first-order valence-corrected chi connectivity index (χ1v) is 4.43. The molecule has 0 amide bonds. The van der Waals surface area contributed by atoms with E-state index in [1.165, 1.54) is 11.3 Å². The van der Waals surface area contributed by atoms with Gasteiger partial charge in [-0.1, -0.05) is 0 Å². The zero-order valence-electron chi connectivity index (χ0n) is 6.65. The molecule has 4 nitrogen and oxygen atoms in total. The van der Waals surface area contributed by atoms with Crippen molar-refractivity contribution in [1.29, 1.82) is 5.41 Å². The Hall–Kier alpha value is -1.62. The van der Waals surface area contributed by atoms with Crippen LogP contribution in [0.15, 0.2) is 29.0 Å². The van der Waals surface area contributed by atoms with Gasteiger partial charge in [-0.25, -0.2) is 4.98 Å². The number of hydrogen-bond donors (Lipinski definition) is 2. The van der Waals surface area contributed by atoms with Crippen LogP contribution in [0.25, 0.3) is 10.8 Å². The smallest absolute Gasteiger partial charge is 0.162 e. The Morgan fingerprint density at radius 2 is 2.46 bits per heavy atom. The Labute approximate surface area is 78.5 Å². The molecule has 2 rings (SSSR count). The Bertz CT molecular complexity index is 418. The molecule has 0 aliphatic rings. The normalized spacial score (nSPS) is 10.2. The second-order valence-electron chi connectivity index (χ2n) is 2.42. The standard InChI is InChI=1S/C8H7N3OS/c9-7(10)6-4-11-8(13-6)5-2-1-3-12-5/h1-4H,(H3,9,10). The number of nitrogens with zero attached hydrogens (tertiary/aromatic N) is 1. The van der Waals surface area contributed by atoms with Crippen LogP contribution in [-0.4, -0.2) is 10.8 Å². The van der Waals surface area contributed by atoms with Gasteiger partial charge in [0.25, 0.3) is 0 Å². The summed E-state index contributed by atoms with van der Waals surface area (Å²) in [6.45, 7) is 0. The molecule has 0 bridgehead atoms. The summed E-state index contributed by atoms with van der Waals surface area (Å²) in [7, 11) is 0. The Kier molecular flexibility index (Phi) is 1.86. The van der Waals surface area contributed by atoms with E-state index in [4.69, 9.17) is 15.6 Å². The number of nitrogen functional groups attached to an aromatic ring is 1. The lowest BCUT2D eigenvalue weighted by molar-refractivity contribution is 0.582. The van der Waals surface area contributed by atoms with Gasteiger partial charge in [0.1, 0.15) is 5.84 Å². The number of hydrogen-bond acceptors (Lipinski definition) is 4. The highest BCUT2D eigenvalue weighted by atomic mass is 32.1. The first kappa shape index (κ1) is 8.00. The van der Waals surface area contributed by atoms with Gasteiger partial charge in [-0.3, -0.25) is 5.41 Å². The predicted octanol–water partition coefficient (Wildman–Crippen LogP) is 1.69. The molecule has 66 valence electrons. The van der Waals surface area contributed by atoms with E-state index in [0.717, 1.165) is 5.01 Å². The van der Waals surface area contributed by atoms with Crippen LogP contribution in [0.3, 0.4) is 0 Å². The number of aromatic nitrogens is 1. The molecule has 3 N–H and O–H groups in total. The van der Waals surface area contributed by atoms with Crippen LogP contribution in [0, 0.1) is 5.41 Å². The summed E-state index contributed by atoms with van der Waals surface area (Å²) in [4.78, 5) is 4.74. The molecule has 0 atom stereocenters. The topological polar surface area (TPSA) is 75.9 Å². The summed E-state index contributed by atoms with van der Waals surface area (Å²) in [6.07, 6.45) is 3.16. The molecule has 0 spiro atoms. The van der Waals surface area contributed by atoms with E-state index in [1.807, 2.05) is 6.07 Å². The van der Waals surface area contributed by atoms with Crippen LogP contribution in [0.4, 0.5) is 0 Å². The average Bonchev–Trinajstić information content (AvgIpc) is 2.75. The Morgan fingerprint density at radius 3 is 3.00 bits per heavy atom. The lowest BCUT2D eigenvalue weighted by atomic mass is 10.5. The lowest BCUT2D eigenvalue weighted by Gasteiger charge is -1.87. The van der Waals surface area contributed by atoms with Gasteiger partial charge in [0, 0.05) is 6.20 Å². The molecule has 0 fully saturated rings. The third-order valence-electron chi connectivity index (χ3n) is 1.50. The summed E-state index contributed by atoms with van der Waals surface area (Å²) >= 11 is 1.34. The minimum Gasteiger partial charge on any atom is -0.462 e. The third-order valence-corrected chi connectivity index (χ3v) is 2.55. The number of furan rings is 1. The van der Waals surface area contributed by atoms with E-state index in [9.17, 15) is 0 Å². The molecule has 0 aliphatic heterocycles. The van der Waals surface area contributed by atoms with Crippen molar-refractivity contribution >= 4 is 17.2 Å². The summed E-state index contributed by atoms with van der Waals surface area (Å²) in [5.74, 6) is 0.743. The molecular formula is C8H7N3OS. The molecule has 5 heteroatoms. The average molecular weight is 193 g/mol. The Balaban J connectivity index is 2.39. The molecule has 0 saturated heterocycles. The summed E-state index contributed by atoms with van der Waals surface area (Å²) in [5, 5.41) is 7.94. The van der Waals surface area contributed by atoms with Crippen LogP contribution in [0.2, 0.25) is 0 Å². The van der Waals surface area contributed by atoms with Crippen molar-refractivity contribution in [3.05, 3.63) is 29.5 Å². The van der Waals surface area contributed by atoms with Crippen LogP contribution < -0.4 is 5.73 Å². The van der Waals surface area contributed by atoms with Crippen molar-refractivity contribution in [2.75, 3.05) is 0 Å². The van der Waals surface area contributed by atoms with E-state index >= 15 is 0 Å². The first-order valence-electron chi connectivity index (χ1n) is 3.61. The van der Waals surface area contributed by atoms with Gasteiger partial charge in [-0.2, -0.15) is 0 Å². The van der Waals surface area contributed by atoms with Crippen LogP contribution in [-0.2, 0) is 0 Å². The van der Waals surface area contributed by atoms with Gasteiger partial charge < -0.3 is 10.2 Å². The molecule has 13 heavy (non-hydrogen) atoms. The zero-order valence-corrected chi connectivity index (χ0v) is 7.47. The number of nitrogens with one attached hydrogen (secondary N) is 1. The highest BCUT2D eigenvalue weighted by molar-refractivity contribution is 7.16. The van der Waals surface area contributed by atoms with Crippen molar-refractivity contribution in [1.82, 2.24) is 4.98 Å². The first-order chi connectivity index (χ1) is 6.27. The number of amidine groups is 1. The van der Waals surface area contributed by atoms with Crippen LogP contribution >= 0.6 is 11.3 Å². The molecule has 0 radical (unpaired) electrons. The fourth-order valence-corrected chi connectivity index (χ4v) is 1.66. The van der Waals surface area contributed by atoms with Gasteiger partial charge in [0.2, 0.25) is 0 Å². The van der Waals surface area contributed by atoms with Crippen molar-refractivity contribution < 1.29 is 4.42 Å². The summed E-state index contributed by atoms with van der Waals surface area (Å²) in [5.41, 5.74) is 5.30. The van der Waals surface area contributed by atoms with E-state index < -0.39 is 0 Å². The minimum absolute atomic E-state index is 0.0373. The van der Waals surface area contributed by atoms with E-state index in [0.29, 0.717) is 10.6 Å². The van der Waals surface area contributed by atoms with Crippen LogP contribution in [0.1, 0.15) is 4.88 Å². The van der Waals surface area contributed by atoms with Gasteiger partial charge in [-0.15, -0.1) is 11.3 Å². The van der Waals surface area contributed by atoms with Crippen molar-refractivity contribution in [3.8, 4) is 10.8 Å². The highest BCUT2D eigenvalue weighted by Gasteiger charge is 2.07. The fraction of sp³-hybridized carbons (Fsp3) is 0. The fourth-order valence-electron chi connectivity index (χ4n) is 0.913. The molecule has 0 unspecified atom stereocenters. The SMILES string of the molecule is N=C(N)c1cnc(-c2ccco2)s1. The molecular weight excluding hydrogens is 186 g/mol. The second-order valence-corrected chi connectivity index (χ2v) is 3.45. The summed E-state index contributed by atoms with van der Waals surface area (Å²) < 4.78 is 5.15. The largest absolute Gasteiger partial charge is 0.462 e.